The van der Waals surface area contributed by atoms with E-state index < -0.39 is 0 Å². The Morgan fingerprint density at radius 3 is 2.69 bits per heavy atom. The zero-order valence-corrected chi connectivity index (χ0v) is 8.94. The van der Waals surface area contributed by atoms with Crippen LogP contribution in [0, 0.1) is 0 Å². The smallest absolute Gasteiger partial charge is 0.131 e. The fourth-order valence-corrected chi connectivity index (χ4v) is 2.12. The first-order chi connectivity index (χ1) is 7.88. The largest absolute Gasteiger partial charge is 0.457 e. The molecule has 0 aliphatic carbocycles. The Hall–Kier alpha value is -2.02. The topological polar surface area (TPSA) is 9.23 Å². The molecule has 0 spiro atoms. The first kappa shape index (κ1) is 9.22. The lowest BCUT2D eigenvalue weighted by atomic mass is 9.96. The van der Waals surface area contributed by atoms with Gasteiger partial charge in [-0.25, -0.2) is 0 Å². The monoisotopic (exact) mass is 208 g/mol. The second-order valence-electron chi connectivity index (χ2n) is 3.91. The van der Waals surface area contributed by atoms with Gasteiger partial charge in [0, 0.05) is 12.0 Å². The van der Waals surface area contributed by atoms with Crippen molar-refractivity contribution in [3.8, 4) is 11.5 Å². The van der Waals surface area contributed by atoms with E-state index in [0.717, 1.165) is 23.5 Å². The Balaban J connectivity index is 2.15. The number of hydrogen-bond donors (Lipinski definition) is 0. The average molecular weight is 208 g/mol. The van der Waals surface area contributed by atoms with E-state index in [1.807, 2.05) is 36.4 Å². The molecule has 0 amide bonds. The molecule has 3 rings (SSSR count). The van der Waals surface area contributed by atoms with Crippen LogP contribution in [0.3, 0.4) is 0 Å². The van der Waals surface area contributed by atoms with E-state index >= 15 is 0 Å². The summed E-state index contributed by atoms with van der Waals surface area (Å²) in [5.41, 5.74) is 3.63. The number of hydrogen-bond acceptors (Lipinski definition) is 1. The van der Waals surface area contributed by atoms with E-state index in [2.05, 4.69) is 18.7 Å². The number of fused-ring (bicyclic) bond motifs is 2. The van der Waals surface area contributed by atoms with Gasteiger partial charge in [-0.15, -0.1) is 0 Å². The van der Waals surface area contributed by atoms with Gasteiger partial charge < -0.3 is 4.74 Å². The Morgan fingerprint density at radius 2 is 1.81 bits per heavy atom. The lowest BCUT2D eigenvalue weighted by Gasteiger charge is -2.21. The Bertz CT molecular complexity index is 555. The van der Waals surface area contributed by atoms with Crippen LogP contribution < -0.4 is 4.74 Å². The highest BCUT2D eigenvalue weighted by molar-refractivity contribution is 5.61. The molecule has 2 aromatic rings. The second-order valence-corrected chi connectivity index (χ2v) is 3.91. The van der Waals surface area contributed by atoms with E-state index in [9.17, 15) is 0 Å². The minimum Gasteiger partial charge on any atom is -0.457 e. The highest BCUT2D eigenvalue weighted by Crippen LogP contribution is 2.37. The molecule has 0 bridgehead atoms. The van der Waals surface area contributed by atoms with Crippen molar-refractivity contribution in [3.05, 3.63) is 65.7 Å². The summed E-state index contributed by atoms with van der Waals surface area (Å²) in [7, 11) is 0. The zero-order valence-electron chi connectivity index (χ0n) is 8.94. The molecule has 1 aliphatic rings. The van der Waals surface area contributed by atoms with Crippen LogP contribution in [0.1, 0.15) is 16.7 Å². The summed E-state index contributed by atoms with van der Waals surface area (Å²) in [6.45, 7) is 3.84. The first-order valence-electron chi connectivity index (χ1n) is 5.38. The molecule has 16 heavy (non-hydrogen) atoms. The van der Waals surface area contributed by atoms with Crippen molar-refractivity contribution in [2.45, 2.75) is 6.42 Å². The van der Waals surface area contributed by atoms with Crippen LogP contribution in [0.2, 0.25) is 0 Å². The van der Waals surface area contributed by atoms with E-state index in [4.69, 9.17) is 4.74 Å². The highest BCUT2D eigenvalue weighted by atomic mass is 16.5. The van der Waals surface area contributed by atoms with Gasteiger partial charge in [-0.1, -0.05) is 43.0 Å². The molecule has 1 aliphatic heterocycles. The van der Waals surface area contributed by atoms with Crippen molar-refractivity contribution in [3.63, 3.8) is 0 Å². The molecule has 2 aromatic carbocycles. The maximum Gasteiger partial charge on any atom is 0.131 e. The molecule has 78 valence electrons. The third-order valence-electron chi connectivity index (χ3n) is 2.95. The molecule has 0 unspecified atom stereocenters. The summed E-state index contributed by atoms with van der Waals surface area (Å²) in [4.78, 5) is 0. The number of rotatable bonds is 1. The lowest BCUT2D eigenvalue weighted by Crippen LogP contribution is -2.04. The van der Waals surface area contributed by atoms with Gasteiger partial charge in [-0.3, -0.25) is 0 Å². The van der Waals surface area contributed by atoms with Crippen molar-refractivity contribution in [1.82, 2.24) is 0 Å². The van der Waals surface area contributed by atoms with Gasteiger partial charge >= 0.3 is 0 Å². The normalized spacial score (nSPS) is 12.2. The molecule has 0 saturated heterocycles. The van der Waals surface area contributed by atoms with Crippen LogP contribution in [-0.4, -0.2) is 0 Å². The quantitative estimate of drug-likeness (QED) is 0.586. The van der Waals surface area contributed by atoms with Gasteiger partial charge in [0.15, 0.2) is 0 Å². The molecule has 1 nitrogen and oxygen atoms in total. The highest BCUT2D eigenvalue weighted by Gasteiger charge is 2.17. The van der Waals surface area contributed by atoms with Crippen molar-refractivity contribution in [2.24, 2.45) is 0 Å². The van der Waals surface area contributed by atoms with E-state index in [0.29, 0.717) is 0 Å². The molecular weight excluding hydrogens is 196 g/mol. The van der Waals surface area contributed by atoms with Crippen LogP contribution in [0.5, 0.6) is 11.5 Å². The second kappa shape index (κ2) is 3.53. The van der Waals surface area contributed by atoms with Crippen LogP contribution in [0.15, 0.2) is 49.0 Å². The number of ether oxygens (including phenoxy) is 1. The minimum atomic E-state index is 0.924. The van der Waals surface area contributed by atoms with E-state index in [1.165, 1.54) is 11.1 Å². The summed E-state index contributed by atoms with van der Waals surface area (Å²) in [6, 6.07) is 14.3. The van der Waals surface area contributed by atoms with Gasteiger partial charge in [0.05, 0.1) is 0 Å². The van der Waals surface area contributed by atoms with Crippen molar-refractivity contribution < 1.29 is 4.74 Å². The molecule has 0 fully saturated rings. The van der Waals surface area contributed by atoms with E-state index in [1.54, 1.807) is 0 Å². The summed E-state index contributed by atoms with van der Waals surface area (Å²) in [5.74, 6) is 1.92. The van der Waals surface area contributed by atoms with Crippen molar-refractivity contribution in [1.29, 1.82) is 0 Å². The molecule has 1 heterocycles. The van der Waals surface area contributed by atoms with Gasteiger partial charge in [0.2, 0.25) is 0 Å². The van der Waals surface area contributed by atoms with Crippen molar-refractivity contribution in [2.75, 3.05) is 0 Å². The summed E-state index contributed by atoms with van der Waals surface area (Å²) < 4.78 is 5.87. The predicted octanol–water partition coefficient (Wildman–Crippen LogP) is 4.03. The number of benzene rings is 2. The molecule has 0 N–H and O–H groups in total. The van der Waals surface area contributed by atoms with Crippen LogP contribution in [0.25, 0.3) is 6.08 Å². The predicted molar refractivity (Wildman–Crippen MR) is 65.9 cm³/mol. The van der Waals surface area contributed by atoms with Crippen LogP contribution >= 0.6 is 0 Å². The molecular formula is C15H12O. The molecule has 0 aromatic heterocycles. The third kappa shape index (κ3) is 1.33. The van der Waals surface area contributed by atoms with Crippen molar-refractivity contribution >= 4 is 6.08 Å². The number of para-hydroxylation sites is 1. The Morgan fingerprint density at radius 1 is 1.00 bits per heavy atom. The summed E-state index contributed by atoms with van der Waals surface area (Å²) in [6.07, 6.45) is 2.81. The fraction of sp³-hybridized carbons (Fsp3) is 0.0667. The fourth-order valence-electron chi connectivity index (χ4n) is 2.12. The standard InChI is InChI=1S/C15H12O/c1-2-11-7-5-9-15-13(11)10-12-6-3-4-8-14(12)16-15/h2-9H,1,10H2. The Labute approximate surface area is 95.0 Å². The minimum absolute atomic E-state index is 0.924. The van der Waals surface area contributed by atoms with Gasteiger partial charge in [0.1, 0.15) is 11.5 Å². The van der Waals surface area contributed by atoms with Crippen LogP contribution in [-0.2, 0) is 6.42 Å². The lowest BCUT2D eigenvalue weighted by molar-refractivity contribution is 0.460. The summed E-state index contributed by atoms with van der Waals surface area (Å²) in [5, 5.41) is 0. The van der Waals surface area contributed by atoms with Gasteiger partial charge in [-0.05, 0) is 23.3 Å². The first-order valence-corrected chi connectivity index (χ1v) is 5.38. The molecule has 0 radical (unpaired) electrons. The van der Waals surface area contributed by atoms with Crippen LogP contribution in [0.4, 0.5) is 0 Å². The van der Waals surface area contributed by atoms with E-state index in [-0.39, 0.29) is 0 Å². The summed E-state index contributed by atoms with van der Waals surface area (Å²) >= 11 is 0. The Kier molecular flexibility index (Phi) is 2.03. The maximum atomic E-state index is 5.87. The molecule has 1 heteroatoms. The molecule has 0 saturated carbocycles. The third-order valence-corrected chi connectivity index (χ3v) is 2.95. The van der Waals surface area contributed by atoms with Gasteiger partial charge in [0.25, 0.3) is 0 Å². The average Bonchev–Trinajstić information content (AvgIpc) is 2.35. The van der Waals surface area contributed by atoms with Gasteiger partial charge in [-0.2, -0.15) is 0 Å². The zero-order chi connectivity index (χ0) is 11.0. The maximum absolute atomic E-state index is 5.87. The SMILES string of the molecule is C=Cc1cccc2c1Cc1ccccc1O2. The molecule has 0 atom stereocenters.